The molecule has 0 spiro atoms. The summed E-state index contributed by atoms with van der Waals surface area (Å²) in [5.74, 6) is -0.00579. The van der Waals surface area contributed by atoms with E-state index in [1.807, 2.05) is 25.3 Å². The Kier molecular flexibility index (Phi) is 4.79. The van der Waals surface area contributed by atoms with Crippen LogP contribution in [-0.4, -0.2) is 28.6 Å². The number of H-pyrrole nitrogens is 1. The molecule has 1 aromatic heterocycles. The van der Waals surface area contributed by atoms with E-state index in [1.165, 1.54) is 5.56 Å². The van der Waals surface area contributed by atoms with Crippen LogP contribution in [0.3, 0.4) is 0 Å². The van der Waals surface area contributed by atoms with E-state index in [1.54, 1.807) is 0 Å². The molecular weight excluding hydrogens is 252 g/mol. The van der Waals surface area contributed by atoms with Gasteiger partial charge in [0.25, 0.3) is 0 Å². The zero-order chi connectivity index (χ0) is 14.5. The second-order valence-corrected chi connectivity index (χ2v) is 5.16. The van der Waals surface area contributed by atoms with Crippen LogP contribution in [0.5, 0.6) is 0 Å². The number of hydrogen-bond donors (Lipinski definition) is 3. The van der Waals surface area contributed by atoms with Crippen molar-refractivity contribution < 1.29 is 9.90 Å². The first-order chi connectivity index (χ1) is 9.65. The van der Waals surface area contributed by atoms with Gasteiger partial charge in [-0.15, -0.1) is 0 Å². The van der Waals surface area contributed by atoms with Crippen molar-refractivity contribution >= 4 is 16.8 Å². The molecule has 0 saturated heterocycles. The Morgan fingerprint density at radius 1 is 1.40 bits per heavy atom. The van der Waals surface area contributed by atoms with E-state index in [9.17, 15) is 4.79 Å². The number of carbonyl (C=O) groups is 1. The van der Waals surface area contributed by atoms with Gasteiger partial charge in [-0.3, -0.25) is 4.79 Å². The van der Waals surface area contributed by atoms with Gasteiger partial charge in [0.15, 0.2) is 0 Å². The summed E-state index contributed by atoms with van der Waals surface area (Å²) < 4.78 is 0. The minimum atomic E-state index is -0.00579. The van der Waals surface area contributed by atoms with E-state index in [0.717, 1.165) is 22.9 Å². The standard InChI is InChI=1S/C16H22N2O2/c1-3-12-5-4-6-14-13(10-17-16(12)14)9-15(20)18-11(2)7-8-19/h4-6,10-11,17,19H,3,7-9H2,1-2H3,(H,18,20). The number of aromatic amines is 1. The molecule has 4 nitrogen and oxygen atoms in total. The largest absolute Gasteiger partial charge is 0.396 e. The van der Waals surface area contributed by atoms with Crippen LogP contribution in [0.15, 0.2) is 24.4 Å². The summed E-state index contributed by atoms with van der Waals surface area (Å²) in [6.07, 6.45) is 3.83. The van der Waals surface area contributed by atoms with Gasteiger partial charge in [-0.05, 0) is 30.9 Å². The maximum absolute atomic E-state index is 12.0. The fourth-order valence-electron chi connectivity index (χ4n) is 2.48. The van der Waals surface area contributed by atoms with Crippen LogP contribution in [0.2, 0.25) is 0 Å². The molecule has 0 fully saturated rings. The van der Waals surface area contributed by atoms with Crippen molar-refractivity contribution in [2.75, 3.05) is 6.61 Å². The molecule has 1 unspecified atom stereocenters. The van der Waals surface area contributed by atoms with Crippen molar-refractivity contribution in [1.82, 2.24) is 10.3 Å². The molecule has 2 aromatic rings. The fraction of sp³-hybridized carbons (Fsp3) is 0.438. The molecule has 2 rings (SSSR count). The van der Waals surface area contributed by atoms with Crippen LogP contribution in [0.25, 0.3) is 10.9 Å². The number of amides is 1. The molecule has 1 aromatic carbocycles. The highest BCUT2D eigenvalue weighted by Gasteiger charge is 2.12. The number of nitrogens with one attached hydrogen (secondary N) is 2. The number of fused-ring (bicyclic) bond motifs is 1. The summed E-state index contributed by atoms with van der Waals surface area (Å²) >= 11 is 0. The van der Waals surface area contributed by atoms with Gasteiger partial charge in [0.2, 0.25) is 5.91 Å². The zero-order valence-corrected chi connectivity index (χ0v) is 12.1. The minimum absolute atomic E-state index is 0.00362. The van der Waals surface area contributed by atoms with E-state index >= 15 is 0 Å². The third-order valence-corrected chi connectivity index (χ3v) is 3.59. The number of carbonyl (C=O) groups excluding carboxylic acids is 1. The normalized spacial score (nSPS) is 12.6. The lowest BCUT2D eigenvalue weighted by Crippen LogP contribution is -2.34. The molecule has 20 heavy (non-hydrogen) atoms. The summed E-state index contributed by atoms with van der Waals surface area (Å²) in [4.78, 5) is 15.3. The minimum Gasteiger partial charge on any atom is -0.396 e. The average Bonchev–Trinajstić information content (AvgIpc) is 2.82. The molecule has 0 bridgehead atoms. The van der Waals surface area contributed by atoms with Crippen LogP contribution < -0.4 is 5.32 Å². The van der Waals surface area contributed by atoms with Gasteiger partial charge < -0.3 is 15.4 Å². The smallest absolute Gasteiger partial charge is 0.224 e. The number of aliphatic hydroxyl groups excluding tert-OH is 1. The highest BCUT2D eigenvalue weighted by molar-refractivity contribution is 5.90. The van der Waals surface area contributed by atoms with Crippen molar-refractivity contribution in [3.05, 3.63) is 35.5 Å². The Bertz CT molecular complexity index is 589. The Morgan fingerprint density at radius 2 is 2.20 bits per heavy atom. The van der Waals surface area contributed by atoms with Gasteiger partial charge in [0, 0.05) is 29.7 Å². The number of benzene rings is 1. The molecule has 4 heteroatoms. The first-order valence-corrected chi connectivity index (χ1v) is 7.13. The average molecular weight is 274 g/mol. The van der Waals surface area contributed by atoms with Crippen molar-refractivity contribution in [3.63, 3.8) is 0 Å². The number of hydrogen-bond acceptors (Lipinski definition) is 2. The second kappa shape index (κ2) is 6.57. The summed E-state index contributed by atoms with van der Waals surface area (Å²) in [5.41, 5.74) is 3.41. The Balaban J connectivity index is 2.12. The van der Waals surface area contributed by atoms with Crippen molar-refractivity contribution in [3.8, 4) is 0 Å². The zero-order valence-electron chi connectivity index (χ0n) is 12.1. The fourth-order valence-corrected chi connectivity index (χ4v) is 2.48. The number of rotatable bonds is 6. The lowest BCUT2D eigenvalue weighted by Gasteiger charge is -2.12. The van der Waals surface area contributed by atoms with Gasteiger partial charge in [-0.2, -0.15) is 0 Å². The van der Waals surface area contributed by atoms with Gasteiger partial charge in [-0.1, -0.05) is 25.1 Å². The molecular formula is C16H22N2O2. The van der Waals surface area contributed by atoms with E-state index in [0.29, 0.717) is 12.8 Å². The number of para-hydroxylation sites is 1. The van der Waals surface area contributed by atoms with Crippen molar-refractivity contribution in [2.45, 2.75) is 39.2 Å². The Hall–Kier alpha value is -1.81. The Morgan fingerprint density at radius 3 is 2.90 bits per heavy atom. The molecule has 0 aliphatic rings. The predicted octanol–water partition coefficient (Wildman–Crippen LogP) is 2.16. The molecule has 1 heterocycles. The molecule has 1 amide bonds. The summed E-state index contributed by atoms with van der Waals surface area (Å²) in [5, 5.41) is 12.9. The molecule has 0 saturated carbocycles. The summed E-state index contributed by atoms with van der Waals surface area (Å²) in [6, 6.07) is 6.19. The lowest BCUT2D eigenvalue weighted by atomic mass is 10.1. The first-order valence-electron chi connectivity index (χ1n) is 7.13. The number of aromatic nitrogens is 1. The first kappa shape index (κ1) is 14.6. The molecule has 108 valence electrons. The maximum atomic E-state index is 12.0. The maximum Gasteiger partial charge on any atom is 0.224 e. The van der Waals surface area contributed by atoms with E-state index < -0.39 is 0 Å². The van der Waals surface area contributed by atoms with Crippen LogP contribution >= 0.6 is 0 Å². The second-order valence-electron chi connectivity index (χ2n) is 5.16. The number of aryl methyl sites for hydroxylation is 1. The SMILES string of the molecule is CCc1cccc2c(CC(=O)NC(C)CCO)c[nH]c12. The van der Waals surface area contributed by atoms with Crippen LogP contribution in [0, 0.1) is 0 Å². The van der Waals surface area contributed by atoms with Crippen LogP contribution in [0.1, 0.15) is 31.4 Å². The van der Waals surface area contributed by atoms with Gasteiger partial charge >= 0.3 is 0 Å². The van der Waals surface area contributed by atoms with Gasteiger partial charge in [-0.25, -0.2) is 0 Å². The molecule has 0 aliphatic carbocycles. The predicted molar refractivity (Wildman–Crippen MR) is 80.7 cm³/mol. The topological polar surface area (TPSA) is 65.1 Å². The van der Waals surface area contributed by atoms with Crippen molar-refractivity contribution in [2.24, 2.45) is 0 Å². The monoisotopic (exact) mass is 274 g/mol. The Labute approximate surface area is 119 Å². The summed E-state index contributed by atoms with van der Waals surface area (Å²) in [6.45, 7) is 4.12. The molecule has 1 atom stereocenters. The van der Waals surface area contributed by atoms with E-state index in [4.69, 9.17) is 5.11 Å². The quantitative estimate of drug-likeness (QED) is 0.755. The highest BCUT2D eigenvalue weighted by atomic mass is 16.3. The summed E-state index contributed by atoms with van der Waals surface area (Å²) in [7, 11) is 0. The van der Waals surface area contributed by atoms with E-state index in [-0.39, 0.29) is 18.6 Å². The third kappa shape index (κ3) is 3.20. The van der Waals surface area contributed by atoms with Crippen LogP contribution in [-0.2, 0) is 17.6 Å². The van der Waals surface area contributed by atoms with Gasteiger partial charge in [0.1, 0.15) is 0 Å². The molecule has 0 aliphatic heterocycles. The third-order valence-electron chi connectivity index (χ3n) is 3.59. The van der Waals surface area contributed by atoms with Gasteiger partial charge in [0.05, 0.1) is 6.42 Å². The van der Waals surface area contributed by atoms with Crippen LogP contribution in [0.4, 0.5) is 0 Å². The molecule has 3 N–H and O–H groups in total. The molecule has 0 radical (unpaired) electrons. The number of aliphatic hydroxyl groups is 1. The highest BCUT2D eigenvalue weighted by Crippen LogP contribution is 2.22. The van der Waals surface area contributed by atoms with Crippen molar-refractivity contribution in [1.29, 1.82) is 0 Å². The van der Waals surface area contributed by atoms with E-state index in [2.05, 4.69) is 23.3 Å². The lowest BCUT2D eigenvalue weighted by molar-refractivity contribution is -0.121.